The second kappa shape index (κ2) is 9.57. The molecule has 0 fully saturated rings. The molecular weight excluding hydrogens is 390 g/mol. The van der Waals surface area contributed by atoms with E-state index in [1.54, 1.807) is 0 Å². The van der Waals surface area contributed by atoms with Crippen molar-refractivity contribution in [1.82, 2.24) is 20.5 Å². The van der Waals surface area contributed by atoms with Crippen LogP contribution in [-0.4, -0.2) is 33.5 Å². The number of para-hydroxylation sites is 1. The van der Waals surface area contributed by atoms with Crippen LogP contribution >= 0.6 is 11.6 Å². The van der Waals surface area contributed by atoms with Crippen molar-refractivity contribution in [3.63, 3.8) is 0 Å². The lowest BCUT2D eigenvalue weighted by atomic mass is 10.0. The third-order valence-corrected chi connectivity index (χ3v) is 4.38. The number of halogens is 1. The van der Waals surface area contributed by atoms with Gasteiger partial charge < -0.3 is 16.0 Å². The number of rotatable bonds is 5. The van der Waals surface area contributed by atoms with Gasteiger partial charge in [-0.05, 0) is 18.2 Å². The maximum atomic E-state index is 12.2. The summed E-state index contributed by atoms with van der Waals surface area (Å²) in [4.78, 5) is 26.1. The molecule has 0 spiro atoms. The largest absolute Gasteiger partial charge is 0.370 e. The number of nitrogens with two attached hydrogens (primary N) is 1. The molecule has 4 rings (SSSR count). The molecule has 29 heavy (non-hydrogen) atoms. The highest BCUT2D eigenvalue weighted by Gasteiger charge is 2.17. The molecule has 2 heterocycles. The summed E-state index contributed by atoms with van der Waals surface area (Å²) in [6.45, 7) is 0.200. The van der Waals surface area contributed by atoms with Crippen molar-refractivity contribution in [1.29, 1.82) is 0 Å². The van der Waals surface area contributed by atoms with Crippen LogP contribution in [0.25, 0.3) is 22.2 Å². The molecule has 2 aromatic heterocycles. The van der Waals surface area contributed by atoms with E-state index in [9.17, 15) is 9.59 Å². The van der Waals surface area contributed by atoms with Gasteiger partial charge in [0, 0.05) is 35.1 Å². The normalized spacial score (nSPS) is 10.2. The molecule has 0 aliphatic heterocycles. The van der Waals surface area contributed by atoms with Gasteiger partial charge in [0.2, 0.25) is 5.91 Å². The smallest absolute Gasteiger partial charge is 0.255 e. The number of H-pyrrole nitrogens is 2. The zero-order valence-electron chi connectivity index (χ0n) is 15.5. The average molecular weight is 410 g/mol. The highest BCUT2D eigenvalue weighted by atomic mass is 35.5. The Morgan fingerprint density at radius 2 is 1.86 bits per heavy atom. The van der Waals surface area contributed by atoms with Crippen LogP contribution in [-0.2, 0) is 4.79 Å². The molecule has 0 saturated heterocycles. The number of hydrogen-bond acceptors (Lipinski definition) is 3. The summed E-state index contributed by atoms with van der Waals surface area (Å²) in [7, 11) is 0. The molecule has 0 saturated carbocycles. The summed E-state index contributed by atoms with van der Waals surface area (Å²) < 4.78 is 0. The molecule has 4 aromatic rings. The van der Waals surface area contributed by atoms with E-state index in [0.717, 1.165) is 21.5 Å². The molecule has 148 valence electrons. The topological polar surface area (TPSA) is 117 Å². The van der Waals surface area contributed by atoms with E-state index >= 15 is 0 Å². The number of carbonyl (C=O) groups is 2. The molecule has 0 unspecified atom stereocenters. The highest BCUT2D eigenvalue weighted by Crippen LogP contribution is 2.28. The molecule has 8 heteroatoms. The second-order valence-electron chi connectivity index (χ2n) is 6.17. The molecule has 7 nitrogen and oxygen atoms in total. The van der Waals surface area contributed by atoms with Gasteiger partial charge in [-0.15, -0.1) is 0 Å². The number of hydrogen-bond donors (Lipinski definition) is 4. The number of benzene rings is 2. The minimum absolute atomic E-state index is 0.102. The minimum Gasteiger partial charge on any atom is -0.370 e. The third kappa shape index (κ3) is 5.24. The van der Waals surface area contributed by atoms with Crippen molar-refractivity contribution in [2.45, 2.75) is 6.42 Å². The summed E-state index contributed by atoms with van der Waals surface area (Å²) in [5, 5.41) is 11.3. The Bertz CT molecular complexity index is 1100. The van der Waals surface area contributed by atoms with Gasteiger partial charge in [0.1, 0.15) is 0 Å². The average Bonchev–Trinajstić information content (AvgIpc) is 3.38. The lowest BCUT2D eigenvalue weighted by Crippen LogP contribution is -2.27. The van der Waals surface area contributed by atoms with E-state index < -0.39 is 5.91 Å². The van der Waals surface area contributed by atoms with Gasteiger partial charge in [-0.3, -0.25) is 14.7 Å². The van der Waals surface area contributed by atoms with Crippen LogP contribution in [0.5, 0.6) is 0 Å². The molecule has 0 aliphatic carbocycles. The predicted octanol–water partition coefficient (Wildman–Crippen LogP) is 3.50. The lowest BCUT2D eigenvalue weighted by Gasteiger charge is -2.06. The van der Waals surface area contributed by atoms with Gasteiger partial charge in [0.25, 0.3) is 5.91 Å². The molecule has 0 bridgehead atoms. The van der Waals surface area contributed by atoms with E-state index in [1.807, 2.05) is 60.8 Å². The summed E-state index contributed by atoms with van der Waals surface area (Å²) in [5.41, 5.74) is 7.90. The predicted molar refractivity (Wildman–Crippen MR) is 113 cm³/mol. The number of nitrogens with zero attached hydrogens (tertiary/aromatic N) is 1. The summed E-state index contributed by atoms with van der Waals surface area (Å²) in [5.74, 6) is -0.752. The van der Waals surface area contributed by atoms with Crippen molar-refractivity contribution >= 4 is 34.3 Å². The second-order valence-corrected chi connectivity index (χ2v) is 6.61. The third-order valence-electron chi connectivity index (χ3n) is 4.13. The SMILES string of the molecule is Clc1ccccc1.NC(=O)CCNC(=O)c1cn[nH]c1-c1cccc2cc[nH]c12. The summed E-state index contributed by atoms with van der Waals surface area (Å²) in [6.07, 6.45) is 3.42. The first-order valence-corrected chi connectivity index (χ1v) is 9.31. The molecule has 2 amide bonds. The Morgan fingerprint density at radius 1 is 1.07 bits per heavy atom. The van der Waals surface area contributed by atoms with Gasteiger partial charge in [-0.2, -0.15) is 5.10 Å². The zero-order valence-corrected chi connectivity index (χ0v) is 16.2. The fourth-order valence-electron chi connectivity index (χ4n) is 2.77. The monoisotopic (exact) mass is 409 g/mol. The molecule has 5 N–H and O–H groups in total. The number of primary amides is 1. The number of aromatic amines is 2. The fraction of sp³-hybridized carbons (Fsp3) is 0.0952. The van der Waals surface area contributed by atoms with Crippen LogP contribution in [0.15, 0.2) is 67.0 Å². The quantitative estimate of drug-likeness (QED) is 0.404. The van der Waals surface area contributed by atoms with Crippen molar-refractivity contribution in [2.75, 3.05) is 6.54 Å². The van der Waals surface area contributed by atoms with Crippen LogP contribution in [0.2, 0.25) is 5.02 Å². The van der Waals surface area contributed by atoms with Crippen molar-refractivity contribution < 1.29 is 9.59 Å². The van der Waals surface area contributed by atoms with Crippen molar-refractivity contribution in [3.05, 3.63) is 77.6 Å². The fourth-order valence-corrected chi connectivity index (χ4v) is 2.91. The first-order valence-electron chi connectivity index (χ1n) is 8.93. The number of amides is 2. The summed E-state index contributed by atoms with van der Waals surface area (Å²) >= 11 is 5.54. The Kier molecular flexibility index (Phi) is 6.65. The Morgan fingerprint density at radius 3 is 2.55 bits per heavy atom. The van der Waals surface area contributed by atoms with Crippen molar-refractivity contribution in [3.8, 4) is 11.3 Å². The highest BCUT2D eigenvalue weighted by molar-refractivity contribution is 6.30. The minimum atomic E-state index is -0.455. The Hall–Kier alpha value is -3.58. The van der Waals surface area contributed by atoms with E-state index in [1.165, 1.54) is 6.20 Å². The first kappa shape index (κ1) is 20.2. The van der Waals surface area contributed by atoms with Gasteiger partial charge >= 0.3 is 0 Å². The standard InChI is InChI=1S/C15H15N5O2.C6H5Cl/c16-12(21)5-7-18-15(22)11-8-19-20-14(11)10-3-1-2-9-4-6-17-13(9)10;7-6-4-2-1-3-5-6/h1-4,6,8,17H,5,7H2,(H2,16,21)(H,18,22)(H,19,20);1-5H. The van der Waals surface area contributed by atoms with Crippen LogP contribution < -0.4 is 11.1 Å². The van der Waals surface area contributed by atoms with Gasteiger partial charge in [-0.25, -0.2) is 0 Å². The maximum absolute atomic E-state index is 12.2. The van der Waals surface area contributed by atoms with Crippen LogP contribution in [0.4, 0.5) is 0 Å². The van der Waals surface area contributed by atoms with E-state index in [0.29, 0.717) is 11.3 Å². The van der Waals surface area contributed by atoms with Gasteiger partial charge in [-0.1, -0.05) is 48.0 Å². The number of fused-ring (bicyclic) bond motifs is 1. The maximum Gasteiger partial charge on any atom is 0.255 e. The summed E-state index contributed by atoms with van der Waals surface area (Å²) in [6, 6.07) is 17.2. The van der Waals surface area contributed by atoms with Crippen LogP contribution in [0.3, 0.4) is 0 Å². The van der Waals surface area contributed by atoms with E-state index in [-0.39, 0.29) is 18.9 Å². The van der Waals surface area contributed by atoms with Gasteiger partial charge in [0.05, 0.1) is 23.0 Å². The Balaban J connectivity index is 0.000000290. The molecule has 0 atom stereocenters. The van der Waals surface area contributed by atoms with Gasteiger partial charge in [0.15, 0.2) is 0 Å². The number of aromatic nitrogens is 3. The molecule has 0 aliphatic rings. The Labute approximate surface area is 172 Å². The number of carbonyl (C=O) groups excluding carboxylic acids is 2. The van der Waals surface area contributed by atoms with E-state index in [4.69, 9.17) is 17.3 Å². The zero-order chi connectivity index (χ0) is 20.6. The first-order chi connectivity index (χ1) is 14.1. The molecule has 2 aromatic carbocycles. The van der Waals surface area contributed by atoms with E-state index in [2.05, 4.69) is 20.5 Å². The molecular formula is C21H20ClN5O2. The van der Waals surface area contributed by atoms with Crippen LogP contribution in [0, 0.1) is 0 Å². The van der Waals surface area contributed by atoms with Crippen molar-refractivity contribution in [2.24, 2.45) is 5.73 Å². The molecule has 0 radical (unpaired) electrons. The number of nitrogens with one attached hydrogen (secondary N) is 3. The lowest BCUT2D eigenvalue weighted by molar-refractivity contribution is -0.117. The van der Waals surface area contributed by atoms with Crippen LogP contribution in [0.1, 0.15) is 16.8 Å².